The van der Waals surface area contributed by atoms with Gasteiger partial charge in [-0.1, -0.05) is 41.4 Å². The molecule has 0 unspecified atom stereocenters. The Morgan fingerprint density at radius 1 is 1.04 bits per heavy atom. The van der Waals surface area contributed by atoms with Crippen LogP contribution in [0.4, 0.5) is 0 Å². The molecule has 0 aliphatic carbocycles. The summed E-state index contributed by atoms with van der Waals surface area (Å²) in [6, 6.07) is 13.8. The van der Waals surface area contributed by atoms with Crippen LogP contribution in [0, 0.1) is 0 Å². The molecule has 3 aromatic rings. The predicted molar refractivity (Wildman–Crippen MR) is 89.3 cm³/mol. The molecule has 116 valence electrons. The number of esters is 1. The molecule has 0 spiro atoms. The van der Waals surface area contributed by atoms with Crippen LogP contribution < -0.4 is 9.47 Å². The van der Waals surface area contributed by atoms with E-state index in [-0.39, 0.29) is 6.61 Å². The lowest BCUT2D eigenvalue weighted by Crippen LogP contribution is -2.18. The van der Waals surface area contributed by atoms with Gasteiger partial charge in [0.2, 0.25) is 0 Å². The molecule has 4 nitrogen and oxygen atoms in total. The number of aromatic nitrogens is 1. The molecule has 0 aliphatic rings. The minimum Gasteiger partial charge on any atom is -0.480 e. The number of halogens is 2. The highest BCUT2D eigenvalue weighted by Gasteiger charge is 2.11. The standard InChI is InChI=1S/C17H11Cl2NO3/c18-12-6-7-14(13(19)9-12)22-10-16(21)23-15-5-1-3-11-4-2-8-20-17(11)15/h1-9H,10H2. The van der Waals surface area contributed by atoms with Crippen molar-refractivity contribution in [1.82, 2.24) is 4.98 Å². The Labute approximate surface area is 142 Å². The van der Waals surface area contributed by atoms with Gasteiger partial charge in [-0.3, -0.25) is 4.98 Å². The largest absolute Gasteiger partial charge is 0.480 e. The van der Waals surface area contributed by atoms with Crippen LogP contribution >= 0.6 is 23.2 Å². The molecule has 23 heavy (non-hydrogen) atoms. The quantitative estimate of drug-likeness (QED) is 0.514. The summed E-state index contributed by atoms with van der Waals surface area (Å²) in [5.74, 6) is 0.206. The molecule has 0 aliphatic heterocycles. The fourth-order valence-corrected chi connectivity index (χ4v) is 2.50. The van der Waals surface area contributed by atoms with E-state index in [0.29, 0.717) is 27.1 Å². The molecule has 6 heteroatoms. The maximum absolute atomic E-state index is 12.0. The first kappa shape index (κ1) is 15.6. The monoisotopic (exact) mass is 347 g/mol. The van der Waals surface area contributed by atoms with E-state index in [1.165, 1.54) is 0 Å². The molecule has 1 heterocycles. The maximum Gasteiger partial charge on any atom is 0.349 e. The number of nitrogens with zero attached hydrogens (tertiary/aromatic N) is 1. The summed E-state index contributed by atoms with van der Waals surface area (Å²) in [7, 11) is 0. The third-order valence-electron chi connectivity index (χ3n) is 3.06. The second-order valence-corrected chi connectivity index (χ2v) is 5.51. The van der Waals surface area contributed by atoms with Crippen LogP contribution in [0.15, 0.2) is 54.7 Å². The average molecular weight is 348 g/mol. The van der Waals surface area contributed by atoms with Gasteiger partial charge in [0.25, 0.3) is 0 Å². The summed E-state index contributed by atoms with van der Waals surface area (Å²) < 4.78 is 10.7. The Kier molecular flexibility index (Phi) is 4.65. The van der Waals surface area contributed by atoms with Crippen LogP contribution in [0.2, 0.25) is 10.0 Å². The van der Waals surface area contributed by atoms with E-state index < -0.39 is 5.97 Å². The van der Waals surface area contributed by atoms with Gasteiger partial charge in [-0.2, -0.15) is 0 Å². The molecule has 0 saturated heterocycles. The number of para-hydroxylation sites is 1. The summed E-state index contributed by atoms with van der Waals surface area (Å²) in [4.78, 5) is 16.2. The van der Waals surface area contributed by atoms with Crippen molar-refractivity contribution >= 4 is 40.1 Å². The Hall–Kier alpha value is -2.30. The second-order valence-electron chi connectivity index (χ2n) is 4.67. The summed E-state index contributed by atoms with van der Waals surface area (Å²) in [6.07, 6.45) is 1.64. The molecular weight excluding hydrogens is 337 g/mol. The third-order valence-corrected chi connectivity index (χ3v) is 3.59. The number of benzene rings is 2. The average Bonchev–Trinajstić information content (AvgIpc) is 2.54. The van der Waals surface area contributed by atoms with E-state index in [9.17, 15) is 4.79 Å². The molecular formula is C17H11Cl2NO3. The van der Waals surface area contributed by atoms with Crippen molar-refractivity contribution in [3.8, 4) is 11.5 Å². The smallest absolute Gasteiger partial charge is 0.349 e. The molecule has 1 aromatic heterocycles. The first-order chi connectivity index (χ1) is 11.1. The van der Waals surface area contributed by atoms with Crippen LogP contribution in [0.5, 0.6) is 11.5 Å². The minimum atomic E-state index is -0.547. The number of carbonyl (C=O) groups excluding carboxylic acids is 1. The summed E-state index contributed by atoms with van der Waals surface area (Å²) in [5.41, 5.74) is 0.618. The summed E-state index contributed by atoms with van der Waals surface area (Å²) in [6.45, 7) is -0.273. The lowest BCUT2D eigenvalue weighted by molar-refractivity contribution is -0.136. The highest BCUT2D eigenvalue weighted by atomic mass is 35.5. The van der Waals surface area contributed by atoms with Crippen molar-refractivity contribution in [1.29, 1.82) is 0 Å². The van der Waals surface area contributed by atoms with Gasteiger partial charge in [0, 0.05) is 16.6 Å². The Morgan fingerprint density at radius 3 is 2.70 bits per heavy atom. The lowest BCUT2D eigenvalue weighted by Gasteiger charge is -2.09. The van der Waals surface area contributed by atoms with Gasteiger partial charge in [-0.25, -0.2) is 4.79 Å². The molecule has 0 amide bonds. The van der Waals surface area contributed by atoms with Crippen molar-refractivity contribution < 1.29 is 14.3 Å². The molecule has 0 saturated carbocycles. The fourth-order valence-electron chi connectivity index (χ4n) is 2.04. The van der Waals surface area contributed by atoms with E-state index in [2.05, 4.69) is 4.98 Å². The van der Waals surface area contributed by atoms with Crippen LogP contribution in [-0.4, -0.2) is 17.6 Å². The van der Waals surface area contributed by atoms with Gasteiger partial charge < -0.3 is 9.47 Å². The molecule has 0 bridgehead atoms. The number of pyridine rings is 1. The van der Waals surface area contributed by atoms with E-state index in [4.69, 9.17) is 32.7 Å². The normalized spacial score (nSPS) is 10.5. The van der Waals surface area contributed by atoms with Crippen LogP contribution in [0.25, 0.3) is 10.9 Å². The SMILES string of the molecule is O=C(COc1ccc(Cl)cc1Cl)Oc1cccc2cccnc12. The van der Waals surface area contributed by atoms with E-state index in [1.54, 1.807) is 36.5 Å². The molecule has 0 N–H and O–H groups in total. The second kappa shape index (κ2) is 6.86. The van der Waals surface area contributed by atoms with Crippen molar-refractivity contribution in [3.63, 3.8) is 0 Å². The highest BCUT2D eigenvalue weighted by Crippen LogP contribution is 2.28. The van der Waals surface area contributed by atoms with Gasteiger partial charge >= 0.3 is 5.97 Å². The van der Waals surface area contributed by atoms with Gasteiger partial charge in [0.15, 0.2) is 12.4 Å². The van der Waals surface area contributed by atoms with E-state index in [1.807, 2.05) is 18.2 Å². The van der Waals surface area contributed by atoms with Crippen molar-refractivity contribution in [3.05, 3.63) is 64.8 Å². The zero-order valence-corrected chi connectivity index (χ0v) is 13.3. The molecule has 2 aromatic carbocycles. The topological polar surface area (TPSA) is 48.4 Å². The zero-order chi connectivity index (χ0) is 16.2. The molecule has 0 fully saturated rings. The Morgan fingerprint density at radius 2 is 1.87 bits per heavy atom. The Balaban J connectivity index is 1.69. The van der Waals surface area contributed by atoms with Crippen molar-refractivity contribution in [2.24, 2.45) is 0 Å². The number of carbonyl (C=O) groups is 1. The summed E-state index contributed by atoms with van der Waals surface area (Å²) in [5, 5.41) is 1.71. The lowest BCUT2D eigenvalue weighted by atomic mass is 10.2. The molecule has 0 radical (unpaired) electrons. The first-order valence-corrected chi connectivity index (χ1v) is 7.51. The first-order valence-electron chi connectivity index (χ1n) is 6.76. The van der Waals surface area contributed by atoms with Gasteiger partial charge in [0.1, 0.15) is 11.3 Å². The van der Waals surface area contributed by atoms with Crippen molar-refractivity contribution in [2.75, 3.05) is 6.61 Å². The number of ether oxygens (including phenoxy) is 2. The maximum atomic E-state index is 12.0. The van der Waals surface area contributed by atoms with Crippen molar-refractivity contribution in [2.45, 2.75) is 0 Å². The molecule has 0 atom stereocenters. The van der Waals surface area contributed by atoms with Gasteiger partial charge in [-0.05, 0) is 30.3 Å². The number of hydrogen-bond donors (Lipinski definition) is 0. The number of hydrogen-bond acceptors (Lipinski definition) is 4. The number of rotatable bonds is 4. The van der Waals surface area contributed by atoms with Crippen LogP contribution in [0.1, 0.15) is 0 Å². The van der Waals surface area contributed by atoms with Crippen LogP contribution in [0.3, 0.4) is 0 Å². The molecule has 3 rings (SSSR count). The fraction of sp³-hybridized carbons (Fsp3) is 0.0588. The Bertz CT molecular complexity index is 862. The number of fused-ring (bicyclic) bond motifs is 1. The zero-order valence-electron chi connectivity index (χ0n) is 11.8. The van der Waals surface area contributed by atoms with Gasteiger partial charge in [-0.15, -0.1) is 0 Å². The van der Waals surface area contributed by atoms with Gasteiger partial charge in [0.05, 0.1) is 5.02 Å². The predicted octanol–water partition coefficient (Wildman–Crippen LogP) is 4.53. The van der Waals surface area contributed by atoms with E-state index in [0.717, 1.165) is 5.39 Å². The minimum absolute atomic E-state index is 0.273. The third kappa shape index (κ3) is 3.73. The van der Waals surface area contributed by atoms with Crippen LogP contribution in [-0.2, 0) is 4.79 Å². The summed E-state index contributed by atoms with van der Waals surface area (Å²) >= 11 is 11.8. The van der Waals surface area contributed by atoms with E-state index >= 15 is 0 Å². The highest BCUT2D eigenvalue weighted by molar-refractivity contribution is 6.35.